The quantitative estimate of drug-likeness (QED) is 0.730. The van der Waals surface area contributed by atoms with Gasteiger partial charge in [0.1, 0.15) is 17.7 Å². The van der Waals surface area contributed by atoms with Gasteiger partial charge in [0.05, 0.1) is 19.5 Å². The number of anilines is 2. The van der Waals surface area contributed by atoms with E-state index >= 15 is 0 Å². The lowest BCUT2D eigenvalue weighted by Gasteiger charge is -2.20. The smallest absolute Gasteiger partial charge is 0.328 e. The summed E-state index contributed by atoms with van der Waals surface area (Å²) < 4.78 is 4.70. The molecule has 1 heterocycles. The second kappa shape index (κ2) is 5.29. The minimum atomic E-state index is -0.457. The monoisotopic (exact) mass is 224 g/mol. The first kappa shape index (κ1) is 12.2. The predicted molar refractivity (Wildman–Crippen MR) is 60.7 cm³/mol. The molecule has 16 heavy (non-hydrogen) atoms. The van der Waals surface area contributed by atoms with E-state index in [1.807, 2.05) is 13.8 Å². The molecule has 1 atom stereocenters. The lowest BCUT2D eigenvalue weighted by Crippen LogP contribution is -2.35. The van der Waals surface area contributed by atoms with Crippen LogP contribution in [0.1, 0.15) is 13.8 Å². The van der Waals surface area contributed by atoms with Gasteiger partial charge in [-0.05, 0) is 5.92 Å². The molecule has 1 aromatic heterocycles. The first-order valence-corrected chi connectivity index (χ1v) is 4.96. The van der Waals surface area contributed by atoms with Gasteiger partial charge in [0.2, 0.25) is 0 Å². The highest BCUT2D eigenvalue weighted by molar-refractivity contribution is 5.79. The maximum atomic E-state index is 11.5. The van der Waals surface area contributed by atoms with Crippen LogP contribution in [0, 0.1) is 5.92 Å². The highest BCUT2D eigenvalue weighted by atomic mass is 16.5. The Hall–Kier alpha value is -1.85. The average Bonchev–Trinajstić information content (AvgIpc) is 2.24. The number of ether oxygens (including phenoxy) is 1. The Kier molecular flexibility index (Phi) is 4.04. The van der Waals surface area contributed by atoms with Crippen LogP contribution in [0.2, 0.25) is 0 Å². The number of nitrogens with two attached hydrogens (primary N) is 1. The van der Waals surface area contributed by atoms with Crippen LogP contribution in [0.25, 0.3) is 0 Å². The Labute approximate surface area is 94.2 Å². The van der Waals surface area contributed by atoms with E-state index in [4.69, 9.17) is 10.5 Å². The third-order valence-electron chi connectivity index (χ3n) is 2.08. The van der Waals surface area contributed by atoms with Gasteiger partial charge >= 0.3 is 5.97 Å². The normalized spacial score (nSPS) is 12.2. The number of nitrogens with one attached hydrogen (secondary N) is 1. The number of hydrogen-bond donors (Lipinski definition) is 2. The molecule has 1 aromatic rings. The largest absolute Gasteiger partial charge is 0.467 e. The molecule has 6 nitrogen and oxygen atoms in total. The number of methoxy groups -OCH3 is 1. The van der Waals surface area contributed by atoms with E-state index in [1.165, 1.54) is 19.5 Å². The number of esters is 1. The summed E-state index contributed by atoms with van der Waals surface area (Å²) in [5.41, 5.74) is 5.49. The lowest BCUT2D eigenvalue weighted by molar-refractivity contribution is -0.142. The van der Waals surface area contributed by atoms with Gasteiger partial charge in [0.15, 0.2) is 0 Å². The first-order chi connectivity index (χ1) is 7.54. The molecule has 0 amide bonds. The molecule has 1 rings (SSSR count). The summed E-state index contributed by atoms with van der Waals surface area (Å²) >= 11 is 0. The van der Waals surface area contributed by atoms with E-state index in [-0.39, 0.29) is 11.9 Å². The van der Waals surface area contributed by atoms with Crippen LogP contribution in [0.15, 0.2) is 12.4 Å². The van der Waals surface area contributed by atoms with E-state index < -0.39 is 6.04 Å². The van der Waals surface area contributed by atoms with Gasteiger partial charge in [-0.1, -0.05) is 13.8 Å². The van der Waals surface area contributed by atoms with E-state index in [0.717, 1.165) is 0 Å². The summed E-state index contributed by atoms with van der Waals surface area (Å²) in [5, 5.41) is 2.94. The van der Waals surface area contributed by atoms with Crippen LogP contribution in [0.3, 0.4) is 0 Å². The second-order valence-electron chi connectivity index (χ2n) is 3.72. The molecule has 0 fully saturated rings. The van der Waals surface area contributed by atoms with Crippen molar-refractivity contribution in [3.8, 4) is 0 Å². The summed E-state index contributed by atoms with van der Waals surface area (Å²) in [6, 6.07) is -0.457. The molecule has 0 aromatic carbocycles. The molecular weight excluding hydrogens is 208 g/mol. The fourth-order valence-electron chi connectivity index (χ4n) is 1.23. The van der Waals surface area contributed by atoms with Gasteiger partial charge < -0.3 is 15.8 Å². The van der Waals surface area contributed by atoms with E-state index in [0.29, 0.717) is 11.6 Å². The first-order valence-electron chi connectivity index (χ1n) is 4.96. The van der Waals surface area contributed by atoms with Crippen LogP contribution < -0.4 is 11.1 Å². The molecule has 88 valence electrons. The molecule has 0 bridgehead atoms. The Balaban J connectivity index is 2.79. The van der Waals surface area contributed by atoms with Crippen molar-refractivity contribution in [2.24, 2.45) is 5.92 Å². The number of rotatable bonds is 4. The maximum Gasteiger partial charge on any atom is 0.328 e. The minimum absolute atomic E-state index is 0.0793. The molecule has 3 N–H and O–H groups in total. The zero-order valence-electron chi connectivity index (χ0n) is 9.60. The van der Waals surface area contributed by atoms with Crippen LogP contribution in [0.4, 0.5) is 11.6 Å². The molecule has 0 saturated carbocycles. The van der Waals surface area contributed by atoms with Crippen LogP contribution in [-0.2, 0) is 9.53 Å². The predicted octanol–water partition coefficient (Wildman–Crippen LogP) is 0.668. The molecule has 0 aliphatic heterocycles. The van der Waals surface area contributed by atoms with Crippen molar-refractivity contribution >= 4 is 17.6 Å². The Morgan fingerprint density at radius 3 is 2.69 bits per heavy atom. The third-order valence-corrected chi connectivity index (χ3v) is 2.08. The average molecular weight is 224 g/mol. The standard InChI is InChI=1S/C10H16N4O2/c1-6(2)9(10(15)16-3)14-8-5-12-4-7(11)13-8/h4-6,9H,1-3H3,(H3,11,13,14). The van der Waals surface area contributed by atoms with Gasteiger partial charge in [-0.25, -0.2) is 9.78 Å². The number of carbonyl (C=O) groups excluding carboxylic acids is 1. The molecule has 0 saturated heterocycles. The van der Waals surface area contributed by atoms with E-state index in [9.17, 15) is 4.79 Å². The Morgan fingerprint density at radius 2 is 2.19 bits per heavy atom. The van der Waals surface area contributed by atoms with Gasteiger partial charge in [0, 0.05) is 0 Å². The Bertz CT molecular complexity index is 368. The van der Waals surface area contributed by atoms with Gasteiger partial charge in [-0.3, -0.25) is 4.98 Å². The SMILES string of the molecule is COC(=O)C(Nc1cncc(N)n1)C(C)C. The van der Waals surface area contributed by atoms with Gasteiger partial charge in [0.25, 0.3) is 0 Å². The fraction of sp³-hybridized carbons (Fsp3) is 0.500. The molecule has 1 unspecified atom stereocenters. The topological polar surface area (TPSA) is 90.1 Å². The molecule has 0 aliphatic carbocycles. The highest BCUT2D eigenvalue weighted by Crippen LogP contribution is 2.11. The minimum Gasteiger partial charge on any atom is -0.467 e. The summed E-state index contributed by atoms with van der Waals surface area (Å²) in [5.74, 6) is 0.511. The molecule has 0 spiro atoms. The van der Waals surface area contributed by atoms with Gasteiger partial charge in [-0.15, -0.1) is 0 Å². The molecule has 0 aliphatic rings. The molecule has 6 heteroatoms. The van der Waals surface area contributed by atoms with Crippen molar-refractivity contribution in [3.63, 3.8) is 0 Å². The Morgan fingerprint density at radius 1 is 1.50 bits per heavy atom. The fourth-order valence-corrected chi connectivity index (χ4v) is 1.23. The van der Waals surface area contributed by atoms with E-state index in [2.05, 4.69) is 15.3 Å². The zero-order valence-corrected chi connectivity index (χ0v) is 9.60. The summed E-state index contributed by atoms with van der Waals surface area (Å²) in [4.78, 5) is 19.4. The van der Waals surface area contributed by atoms with Crippen molar-refractivity contribution in [1.29, 1.82) is 0 Å². The second-order valence-corrected chi connectivity index (χ2v) is 3.72. The number of aromatic nitrogens is 2. The van der Waals surface area contributed by atoms with Crippen molar-refractivity contribution in [3.05, 3.63) is 12.4 Å². The van der Waals surface area contributed by atoms with Crippen molar-refractivity contribution in [1.82, 2.24) is 9.97 Å². The number of carbonyl (C=O) groups is 1. The number of nitrogens with zero attached hydrogens (tertiary/aromatic N) is 2. The molecule has 0 radical (unpaired) electrons. The van der Waals surface area contributed by atoms with Crippen LogP contribution >= 0.6 is 0 Å². The van der Waals surface area contributed by atoms with Crippen molar-refractivity contribution in [2.75, 3.05) is 18.2 Å². The summed E-state index contributed by atoms with van der Waals surface area (Å²) in [6.07, 6.45) is 2.95. The molecular formula is C10H16N4O2. The maximum absolute atomic E-state index is 11.5. The highest BCUT2D eigenvalue weighted by Gasteiger charge is 2.23. The van der Waals surface area contributed by atoms with E-state index in [1.54, 1.807) is 0 Å². The third kappa shape index (κ3) is 3.08. The van der Waals surface area contributed by atoms with Crippen molar-refractivity contribution in [2.45, 2.75) is 19.9 Å². The van der Waals surface area contributed by atoms with Crippen LogP contribution in [0.5, 0.6) is 0 Å². The van der Waals surface area contributed by atoms with Crippen LogP contribution in [-0.4, -0.2) is 29.1 Å². The lowest BCUT2D eigenvalue weighted by atomic mass is 10.1. The number of nitrogen functional groups attached to an aromatic ring is 1. The summed E-state index contributed by atoms with van der Waals surface area (Å²) in [7, 11) is 1.35. The zero-order chi connectivity index (χ0) is 12.1. The van der Waals surface area contributed by atoms with Gasteiger partial charge in [-0.2, -0.15) is 0 Å². The number of hydrogen-bond acceptors (Lipinski definition) is 6. The van der Waals surface area contributed by atoms with Crippen molar-refractivity contribution < 1.29 is 9.53 Å². The summed E-state index contributed by atoms with van der Waals surface area (Å²) in [6.45, 7) is 3.82.